The highest BCUT2D eigenvalue weighted by Gasteiger charge is 2.30. The van der Waals surface area contributed by atoms with E-state index in [0.717, 1.165) is 6.42 Å². The molecule has 0 atom stereocenters. The third-order valence-electron chi connectivity index (χ3n) is 2.45. The van der Waals surface area contributed by atoms with Gasteiger partial charge in [-0.15, -0.1) is 13.2 Å². The quantitative estimate of drug-likeness (QED) is 0.530. The van der Waals surface area contributed by atoms with Crippen LogP contribution in [-0.2, 0) is 0 Å². The average Bonchev–Trinajstić information content (AvgIpc) is 2.44. The summed E-state index contributed by atoms with van der Waals surface area (Å²) < 4.78 is 45.7. The van der Waals surface area contributed by atoms with Crippen molar-refractivity contribution in [2.24, 2.45) is 4.99 Å². The highest BCUT2D eigenvalue weighted by molar-refractivity contribution is 5.97. The Bertz CT molecular complexity index is 558. The van der Waals surface area contributed by atoms with Crippen LogP contribution in [0.5, 0.6) is 11.5 Å². The first kappa shape index (κ1) is 17.8. The summed E-state index contributed by atoms with van der Waals surface area (Å²) in [7, 11) is 0. The number of alkyl halides is 3. The van der Waals surface area contributed by atoms with Crippen LogP contribution < -0.4 is 9.47 Å². The van der Waals surface area contributed by atoms with Crippen LogP contribution in [0.2, 0.25) is 0 Å². The maximum absolute atomic E-state index is 12.1. The number of nitrogens with zero attached hydrogens (tertiary/aromatic N) is 1. The smallest absolute Gasteiger partial charge is 0.456 e. The fourth-order valence-corrected chi connectivity index (χ4v) is 1.53. The Labute approximate surface area is 127 Å². The molecule has 0 spiro atoms. The molecular weight excluding hydrogens is 295 g/mol. The minimum atomic E-state index is -4.70. The van der Waals surface area contributed by atoms with Gasteiger partial charge in [0.2, 0.25) is 0 Å². The van der Waals surface area contributed by atoms with Crippen molar-refractivity contribution in [2.45, 2.75) is 33.6 Å². The van der Waals surface area contributed by atoms with Gasteiger partial charge in [0.05, 0.1) is 5.71 Å². The molecule has 0 amide bonds. The van der Waals surface area contributed by atoms with E-state index in [-0.39, 0.29) is 5.75 Å². The van der Waals surface area contributed by atoms with Crippen LogP contribution in [0.1, 0.15) is 27.2 Å². The van der Waals surface area contributed by atoms with Crippen molar-refractivity contribution in [2.75, 3.05) is 0 Å². The SMILES string of the molecule is C\C=C/N=C(C)/C(=C/CC)Oc1ccc(OC(F)(F)F)cc1. The van der Waals surface area contributed by atoms with Crippen LogP contribution in [-0.4, -0.2) is 12.1 Å². The molecule has 0 bridgehead atoms. The van der Waals surface area contributed by atoms with Crippen LogP contribution >= 0.6 is 0 Å². The zero-order chi connectivity index (χ0) is 16.6. The van der Waals surface area contributed by atoms with Crippen LogP contribution in [0.25, 0.3) is 0 Å². The molecule has 0 aliphatic carbocycles. The van der Waals surface area contributed by atoms with Crippen LogP contribution in [0.4, 0.5) is 13.2 Å². The monoisotopic (exact) mass is 313 g/mol. The van der Waals surface area contributed by atoms with Crippen molar-refractivity contribution in [3.05, 3.63) is 48.4 Å². The fourth-order valence-electron chi connectivity index (χ4n) is 1.53. The molecule has 0 aliphatic heterocycles. The Morgan fingerprint density at radius 3 is 2.27 bits per heavy atom. The van der Waals surface area contributed by atoms with E-state index in [1.54, 1.807) is 19.2 Å². The molecule has 0 fully saturated rings. The summed E-state index contributed by atoms with van der Waals surface area (Å²) in [6.07, 6.45) is 1.32. The normalized spacial score (nSPS) is 13.5. The third-order valence-corrected chi connectivity index (χ3v) is 2.45. The lowest BCUT2D eigenvalue weighted by atomic mass is 10.2. The molecule has 0 unspecified atom stereocenters. The average molecular weight is 313 g/mol. The standard InChI is InChI=1S/C16H18F3NO2/c1-4-6-15(12(3)20-11-5-2)21-13-7-9-14(10-8-13)22-16(17,18)19/h5-11H,4H2,1-3H3/b11-5-,15-6-,20-12+. The number of allylic oxidation sites excluding steroid dienone is 3. The van der Waals surface area contributed by atoms with Gasteiger partial charge in [0.15, 0.2) is 0 Å². The minimum absolute atomic E-state index is 0.292. The van der Waals surface area contributed by atoms with Gasteiger partial charge < -0.3 is 9.47 Å². The van der Waals surface area contributed by atoms with Crippen LogP contribution in [0, 0.1) is 0 Å². The summed E-state index contributed by atoms with van der Waals surface area (Å²) in [5.41, 5.74) is 0.676. The second-order valence-electron chi connectivity index (χ2n) is 4.29. The maximum Gasteiger partial charge on any atom is 0.573 e. The molecule has 0 aromatic heterocycles. The van der Waals surface area contributed by atoms with E-state index in [2.05, 4.69) is 9.73 Å². The Morgan fingerprint density at radius 2 is 1.77 bits per heavy atom. The highest BCUT2D eigenvalue weighted by atomic mass is 19.4. The van der Waals surface area contributed by atoms with Gasteiger partial charge >= 0.3 is 6.36 Å². The maximum atomic E-state index is 12.1. The molecule has 0 saturated carbocycles. The van der Waals surface area contributed by atoms with Crippen LogP contribution in [0.15, 0.2) is 53.4 Å². The molecule has 1 aromatic carbocycles. The molecule has 1 aromatic rings. The van der Waals surface area contributed by atoms with Crippen molar-refractivity contribution >= 4 is 5.71 Å². The second-order valence-corrected chi connectivity index (χ2v) is 4.29. The van der Waals surface area contributed by atoms with Crippen molar-refractivity contribution in [3.63, 3.8) is 0 Å². The molecule has 0 heterocycles. The Hall–Kier alpha value is -2.24. The Kier molecular flexibility index (Phi) is 6.69. The first-order valence-electron chi connectivity index (χ1n) is 6.75. The van der Waals surface area contributed by atoms with E-state index < -0.39 is 6.36 Å². The van der Waals surface area contributed by atoms with E-state index >= 15 is 0 Å². The lowest BCUT2D eigenvalue weighted by molar-refractivity contribution is -0.274. The topological polar surface area (TPSA) is 30.8 Å². The second kappa shape index (κ2) is 8.26. The molecule has 0 saturated heterocycles. The van der Waals surface area contributed by atoms with Gasteiger partial charge in [-0.1, -0.05) is 13.0 Å². The summed E-state index contributed by atoms with van der Waals surface area (Å²) in [5, 5.41) is 0. The number of benzene rings is 1. The van der Waals surface area contributed by atoms with Gasteiger partial charge in [-0.2, -0.15) is 0 Å². The van der Waals surface area contributed by atoms with Gasteiger partial charge in [0.1, 0.15) is 17.3 Å². The van der Waals surface area contributed by atoms with E-state index in [0.29, 0.717) is 17.2 Å². The zero-order valence-corrected chi connectivity index (χ0v) is 12.6. The summed E-state index contributed by atoms with van der Waals surface area (Å²) in [6, 6.07) is 5.22. The highest BCUT2D eigenvalue weighted by Crippen LogP contribution is 2.25. The van der Waals surface area contributed by atoms with Crippen LogP contribution in [0.3, 0.4) is 0 Å². The van der Waals surface area contributed by atoms with Gasteiger partial charge in [-0.25, -0.2) is 0 Å². The molecular formula is C16H18F3NO2. The lowest BCUT2D eigenvalue weighted by Crippen LogP contribution is -2.17. The predicted octanol–water partition coefficient (Wildman–Crippen LogP) is 5.25. The summed E-state index contributed by atoms with van der Waals surface area (Å²) in [5.74, 6) is 0.675. The van der Waals surface area contributed by atoms with E-state index in [1.165, 1.54) is 24.3 Å². The molecule has 1 rings (SSSR count). The van der Waals surface area contributed by atoms with Gasteiger partial charge in [0.25, 0.3) is 0 Å². The van der Waals surface area contributed by atoms with Crippen molar-refractivity contribution < 1.29 is 22.6 Å². The number of rotatable bonds is 6. The van der Waals surface area contributed by atoms with Crippen molar-refractivity contribution in [3.8, 4) is 11.5 Å². The molecule has 0 radical (unpaired) electrons. The van der Waals surface area contributed by atoms with Crippen molar-refractivity contribution in [1.82, 2.24) is 0 Å². The van der Waals surface area contributed by atoms with Gasteiger partial charge in [-0.05, 0) is 50.6 Å². The number of ether oxygens (including phenoxy) is 2. The first-order chi connectivity index (χ1) is 10.4. The molecule has 6 heteroatoms. The number of hydrogen-bond acceptors (Lipinski definition) is 3. The first-order valence-corrected chi connectivity index (χ1v) is 6.75. The third kappa shape index (κ3) is 6.47. The summed E-state index contributed by atoms with van der Waals surface area (Å²) >= 11 is 0. The van der Waals surface area contributed by atoms with Crippen molar-refractivity contribution in [1.29, 1.82) is 0 Å². The largest absolute Gasteiger partial charge is 0.573 e. The summed E-state index contributed by atoms with van der Waals surface area (Å²) in [6.45, 7) is 5.59. The molecule has 0 aliphatic rings. The molecule has 22 heavy (non-hydrogen) atoms. The minimum Gasteiger partial charge on any atom is -0.456 e. The Morgan fingerprint density at radius 1 is 1.18 bits per heavy atom. The van der Waals surface area contributed by atoms with E-state index in [9.17, 15) is 13.2 Å². The number of aliphatic imine (C=N–C) groups is 1. The fraction of sp³-hybridized carbons (Fsp3) is 0.312. The number of halogens is 3. The van der Waals surface area contributed by atoms with E-state index in [4.69, 9.17) is 4.74 Å². The summed E-state index contributed by atoms with van der Waals surface area (Å²) in [4.78, 5) is 4.19. The predicted molar refractivity (Wildman–Crippen MR) is 80.1 cm³/mol. The lowest BCUT2D eigenvalue weighted by Gasteiger charge is -2.11. The molecule has 3 nitrogen and oxygen atoms in total. The van der Waals surface area contributed by atoms with E-state index in [1.807, 2.05) is 19.9 Å². The van der Waals surface area contributed by atoms with Gasteiger partial charge in [-0.3, -0.25) is 4.99 Å². The number of hydrogen-bond donors (Lipinski definition) is 0. The zero-order valence-electron chi connectivity index (χ0n) is 12.6. The van der Waals surface area contributed by atoms with Gasteiger partial charge in [0, 0.05) is 6.20 Å². The molecule has 0 N–H and O–H groups in total. The Balaban J connectivity index is 2.85. The molecule has 120 valence electrons.